The van der Waals surface area contributed by atoms with Crippen LogP contribution in [-0.4, -0.2) is 17.7 Å². The first-order chi connectivity index (χ1) is 10.00. The van der Waals surface area contributed by atoms with E-state index in [1.54, 1.807) is 0 Å². The first-order valence-electron chi connectivity index (χ1n) is 7.65. The number of hydrogen-bond donors (Lipinski definition) is 1. The number of aliphatic carboxylic acids is 1. The molecule has 4 heteroatoms. The van der Waals surface area contributed by atoms with Gasteiger partial charge in [0.1, 0.15) is 5.75 Å². The van der Waals surface area contributed by atoms with Gasteiger partial charge in [-0.05, 0) is 66.1 Å². The van der Waals surface area contributed by atoms with Crippen molar-refractivity contribution in [2.24, 2.45) is 5.92 Å². The molecule has 3 nitrogen and oxygen atoms in total. The van der Waals surface area contributed by atoms with Gasteiger partial charge in [0.05, 0.1) is 17.5 Å². The van der Waals surface area contributed by atoms with Crippen LogP contribution >= 0.6 is 15.9 Å². The summed E-state index contributed by atoms with van der Waals surface area (Å²) >= 11 is 3.60. The summed E-state index contributed by atoms with van der Waals surface area (Å²) in [7, 11) is 0. The van der Waals surface area contributed by atoms with E-state index in [0.29, 0.717) is 5.92 Å². The highest BCUT2D eigenvalue weighted by molar-refractivity contribution is 9.10. The quantitative estimate of drug-likeness (QED) is 0.822. The molecule has 2 aliphatic carbocycles. The summed E-state index contributed by atoms with van der Waals surface area (Å²) in [5.74, 6) is 0.807. The Kier molecular flexibility index (Phi) is 4.00. The lowest BCUT2D eigenvalue weighted by Crippen LogP contribution is -2.21. The van der Waals surface area contributed by atoms with Gasteiger partial charge >= 0.3 is 5.97 Å². The molecule has 0 bridgehead atoms. The first kappa shape index (κ1) is 14.9. The average Bonchev–Trinajstić information content (AvgIpc) is 3.09. The van der Waals surface area contributed by atoms with Gasteiger partial charge in [0.2, 0.25) is 0 Å². The van der Waals surface area contributed by atoms with Crippen LogP contribution in [0, 0.1) is 12.8 Å². The van der Waals surface area contributed by atoms with Crippen LogP contribution in [-0.2, 0) is 10.2 Å². The number of carboxylic acid groups (broad SMARTS) is 1. The van der Waals surface area contributed by atoms with Crippen molar-refractivity contribution >= 4 is 21.9 Å². The predicted octanol–water partition coefficient (Wildman–Crippen LogP) is 4.44. The van der Waals surface area contributed by atoms with Gasteiger partial charge in [-0.2, -0.15) is 0 Å². The lowest BCUT2D eigenvalue weighted by atomic mass is 9.86. The van der Waals surface area contributed by atoms with Gasteiger partial charge in [-0.3, -0.25) is 4.79 Å². The van der Waals surface area contributed by atoms with Crippen LogP contribution in [0.1, 0.15) is 49.7 Å². The van der Waals surface area contributed by atoms with Crippen molar-refractivity contribution in [1.29, 1.82) is 0 Å². The van der Waals surface area contributed by atoms with Gasteiger partial charge in [0.25, 0.3) is 0 Å². The highest BCUT2D eigenvalue weighted by Gasteiger charge is 2.48. The standard InChI is InChI=1S/C17H21BrO3/c1-11-7-13(17(5-6-17)9-15(19)20)16(14(18)8-11)21-10-12-3-2-4-12/h7-8,12H,2-6,9-10H2,1H3,(H,19,20). The zero-order chi connectivity index (χ0) is 15.0. The largest absolute Gasteiger partial charge is 0.492 e. The van der Waals surface area contributed by atoms with Crippen LogP contribution in [0.4, 0.5) is 0 Å². The van der Waals surface area contributed by atoms with E-state index >= 15 is 0 Å². The van der Waals surface area contributed by atoms with Gasteiger partial charge in [0, 0.05) is 11.0 Å². The number of carboxylic acids is 1. The summed E-state index contributed by atoms with van der Waals surface area (Å²) < 4.78 is 7.05. The van der Waals surface area contributed by atoms with Crippen LogP contribution in [0.25, 0.3) is 0 Å². The fraction of sp³-hybridized carbons (Fsp3) is 0.588. The van der Waals surface area contributed by atoms with Crippen LogP contribution < -0.4 is 4.74 Å². The molecule has 1 N–H and O–H groups in total. The molecule has 21 heavy (non-hydrogen) atoms. The molecule has 0 unspecified atom stereocenters. The van der Waals surface area contributed by atoms with Crippen LogP contribution in [0.15, 0.2) is 16.6 Å². The van der Waals surface area contributed by atoms with E-state index in [0.717, 1.165) is 40.8 Å². The van der Waals surface area contributed by atoms with Gasteiger partial charge in [-0.25, -0.2) is 0 Å². The maximum Gasteiger partial charge on any atom is 0.304 e. The van der Waals surface area contributed by atoms with Gasteiger partial charge in [0.15, 0.2) is 0 Å². The summed E-state index contributed by atoms with van der Waals surface area (Å²) in [6, 6.07) is 4.16. The summed E-state index contributed by atoms with van der Waals surface area (Å²) in [6.45, 7) is 2.79. The monoisotopic (exact) mass is 352 g/mol. The molecule has 2 saturated carbocycles. The second-order valence-electron chi connectivity index (χ2n) is 6.58. The van der Waals surface area contributed by atoms with Crippen LogP contribution in [0.3, 0.4) is 0 Å². The Morgan fingerprint density at radius 1 is 1.43 bits per heavy atom. The van der Waals surface area contributed by atoms with E-state index in [1.165, 1.54) is 19.3 Å². The summed E-state index contributed by atoms with van der Waals surface area (Å²) in [5.41, 5.74) is 2.01. The molecule has 2 fully saturated rings. The summed E-state index contributed by atoms with van der Waals surface area (Å²) in [5, 5.41) is 9.19. The molecule has 0 spiro atoms. The molecule has 1 aromatic carbocycles. The highest BCUT2D eigenvalue weighted by atomic mass is 79.9. The molecule has 3 rings (SSSR count). The summed E-state index contributed by atoms with van der Waals surface area (Å²) in [6.07, 6.45) is 5.88. The summed E-state index contributed by atoms with van der Waals surface area (Å²) in [4.78, 5) is 11.2. The fourth-order valence-corrected chi connectivity index (χ4v) is 3.80. The topological polar surface area (TPSA) is 46.5 Å². The van der Waals surface area contributed by atoms with Crippen molar-refractivity contribution in [3.8, 4) is 5.75 Å². The Morgan fingerprint density at radius 3 is 2.67 bits per heavy atom. The Balaban J connectivity index is 1.88. The molecular formula is C17H21BrO3. The molecule has 1 aromatic rings. The Bertz CT molecular complexity index is 559. The Labute approximate surface area is 133 Å². The van der Waals surface area contributed by atoms with Crippen molar-refractivity contribution in [2.45, 2.75) is 50.9 Å². The zero-order valence-corrected chi connectivity index (χ0v) is 13.9. The number of benzene rings is 1. The molecular weight excluding hydrogens is 332 g/mol. The number of hydrogen-bond acceptors (Lipinski definition) is 2. The second kappa shape index (κ2) is 5.64. The van der Waals surface area contributed by atoms with E-state index in [2.05, 4.69) is 28.1 Å². The first-order valence-corrected chi connectivity index (χ1v) is 8.45. The van der Waals surface area contributed by atoms with Gasteiger partial charge in [-0.1, -0.05) is 12.5 Å². The minimum Gasteiger partial charge on any atom is -0.492 e. The van der Waals surface area contributed by atoms with Crippen molar-refractivity contribution in [1.82, 2.24) is 0 Å². The van der Waals surface area contributed by atoms with E-state index in [1.807, 2.05) is 6.92 Å². The van der Waals surface area contributed by atoms with E-state index in [9.17, 15) is 9.90 Å². The van der Waals surface area contributed by atoms with E-state index in [4.69, 9.17) is 4.74 Å². The lowest BCUT2D eigenvalue weighted by Gasteiger charge is -2.27. The molecule has 0 atom stereocenters. The molecule has 0 saturated heterocycles. The Morgan fingerprint density at radius 2 is 2.14 bits per heavy atom. The second-order valence-corrected chi connectivity index (χ2v) is 7.44. The maximum atomic E-state index is 11.2. The van der Waals surface area contributed by atoms with Gasteiger partial charge in [-0.15, -0.1) is 0 Å². The fourth-order valence-electron chi connectivity index (χ4n) is 3.11. The minimum absolute atomic E-state index is 0.197. The average molecular weight is 353 g/mol. The van der Waals surface area contributed by atoms with Crippen molar-refractivity contribution in [3.05, 3.63) is 27.7 Å². The third-order valence-corrected chi connectivity index (χ3v) is 5.38. The number of halogens is 1. The molecule has 114 valence electrons. The molecule has 2 aliphatic rings. The van der Waals surface area contributed by atoms with Crippen LogP contribution in [0.5, 0.6) is 5.75 Å². The van der Waals surface area contributed by atoms with E-state index < -0.39 is 5.97 Å². The normalized spacial score (nSPS) is 19.9. The SMILES string of the molecule is Cc1cc(Br)c(OCC2CCC2)c(C2(CC(=O)O)CC2)c1. The molecule has 0 amide bonds. The van der Waals surface area contributed by atoms with E-state index in [-0.39, 0.29) is 11.8 Å². The lowest BCUT2D eigenvalue weighted by molar-refractivity contribution is -0.137. The third-order valence-electron chi connectivity index (χ3n) is 4.79. The number of rotatable bonds is 6. The predicted molar refractivity (Wildman–Crippen MR) is 84.9 cm³/mol. The number of ether oxygens (including phenoxy) is 1. The maximum absolute atomic E-state index is 11.2. The smallest absolute Gasteiger partial charge is 0.304 e. The van der Waals surface area contributed by atoms with Crippen molar-refractivity contribution in [2.75, 3.05) is 6.61 Å². The molecule has 0 aromatic heterocycles. The minimum atomic E-state index is -0.727. The highest BCUT2D eigenvalue weighted by Crippen LogP contribution is 2.55. The Hall–Kier alpha value is -1.03. The zero-order valence-electron chi connectivity index (χ0n) is 12.3. The van der Waals surface area contributed by atoms with Crippen molar-refractivity contribution in [3.63, 3.8) is 0 Å². The van der Waals surface area contributed by atoms with Gasteiger partial charge < -0.3 is 9.84 Å². The molecule has 0 aliphatic heterocycles. The van der Waals surface area contributed by atoms with Crippen LogP contribution in [0.2, 0.25) is 0 Å². The molecule has 0 heterocycles. The third kappa shape index (κ3) is 3.10. The number of aryl methyl sites for hydroxylation is 1. The molecule has 0 radical (unpaired) electrons. The van der Waals surface area contributed by atoms with Crippen molar-refractivity contribution < 1.29 is 14.6 Å². The number of carbonyl (C=O) groups is 1.